The van der Waals surface area contributed by atoms with E-state index in [2.05, 4.69) is 27.6 Å². The molecule has 2 aliphatic rings. The Kier molecular flexibility index (Phi) is 3.66. The van der Waals surface area contributed by atoms with Crippen molar-refractivity contribution in [3.05, 3.63) is 47.7 Å². The maximum Gasteiger partial charge on any atom is 0.235 e. The summed E-state index contributed by atoms with van der Waals surface area (Å²) in [5, 5.41) is 11.0. The Labute approximate surface area is 141 Å². The second-order valence-corrected chi connectivity index (χ2v) is 7.06. The van der Waals surface area contributed by atoms with E-state index in [9.17, 15) is 4.79 Å². The van der Waals surface area contributed by atoms with Gasteiger partial charge in [-0.15, -0.1) is 10.2 Å². The highest BCUT2D eigenvalue weighted by molar-refractivity contribution is 5.93. The first-order valence-electron chi connectivity index (χ1n) is 8.85. The van der Waals surface area contributed by atoms with E-state index in [1.165, 1.54) is 12.8 Å². The SMILES string of the molecule is CCc1nnc(CNC(=O)[C@@]2(c3ccccc3)CC23CCCC3)o1. The Morgan fingerprint density at radius 3 is 2.54 bits per heavy atom. The summed E-state index contributed by atoms with van der Waals surface area (Å²) in [6, 6.07) is 10.2. The number of nitrogens with one attached hydrogen (secondary N) is 1. The maximum absolute atomic E-state index is 13.1. The second kappa shape index (κ2) is 5.72. The summed E-state index contributed by atoms with van der Waals surface area (Å²) in [6.07, 6.45) is 6.42. The van der Waals surface area contributed by atoms with Crippen LogP contribution < -0.4 is 5.32 Å². The summed E-state index contributed by atoms with van der Waals surface area (Å²) in [4.78, 5) is 13.1. The van der Waals surface area contributed by atoms with Gasteiger partial charge in [-0.2, -0.15) is 0 Å². The molecule has 2 aliphatic carbocycles. The average molecular weight is 325 g/mol. The van der Waals surface area contributed by atoms with Crippen molar-refractivity contribution in [2.24, 2.45) is 5.41 Å². The summed E-state index contributed by atoms with van der Waals surface area (Å²) in [5.41, 5.74) is 0.921. The molecule has 1 N–H and O–H groups in total. The smallest absolute Gasteiger partial charge is 0.235 e. The molecule has 1 aromatic heterocycles. The molecule has 24 heavy (non-hydrogen) atoms. The Balaban J connectivity index is 1.55. The van der Waals surface area contributed by atoms with Crippen LogP contribution in [0.4, 0.5) is 0 Å². The number of benzene rings is 1. The lowest BCUT2D eigenvalue weighted by Gasteiger charge is -2.22. The summed E-state index contributed by atoms with van der Waals surface area (Å²) in [7, 11) is 0. The van der Waals surface area contributed by atoms with E-state index in [-0.39, 0.29) is 16.7 Å². The van der Waals surface area contributed by atoms with Crippen molar-refractivity contribution in [3.8, 4) is 0 Å². The summed E-state index contributed by atoms with van der Waals surface area (Å²) in [5.74, 6) is 1.19. The van der Waals surface area contributed by atoms with E-state index in [1.54, 1.807) is 0 Å². The molecule has 5 heteroatoms. The van der Waals surface area contributed by atoms with Gasteiger partial charge >= 0.3 is 0 Å². The number of hydrogen-bond acceptors (Lipinski definition) is 4. The first-order chi connectivity index (χ1) is 11.7. The number of carbonyl (C=O) groups excluding carboxylic acids is 1. The van der Waals surface area contributed by atoms with Gasteiger partial charge in [0.2, 0.25) is 17.7 Å². The van der Waals surface area contributed by atoms with Gasteiger partial charge in [0, 0.05) is 6.42 Å². The van der Waals surface area contributed by atoms with Crippen LogP contribution in [0.5, 0.6) is 0 Å². The van der Waals surface area contributed by atoms with Gasteiger partial charge in [-0.3, -0.25) is 4.79 Å². The van der Waals surface area contributed by atoms with Gasteiger partial charge in [0.15, 0.2) is 0 Å². The third-order valence-electron chi connectivity index (χ3n) is 5.81. The molecule has 1 aromatic carbocycles. The lowest BCUT2D eigenvalue weighted by molar-refractivity contribution is -0.124. The van der Waals surface area contributed by atoms with Gasteiger partial charge in [0.05, 0.1) is 12.0 Å². The van der Waals surface area contributed by atoms with Crippen LogP contribution in [0.3, 0.4) is 0 Å². The number of nitrogens with zero attached hydrogens (tertiary/aromatic N) is 2. The van der Waals surface area contributed by atoms with Crippen molar-refractivity contribution in [3.63, 3.8) is 0 Å². The van der Waals surface area contributed by atoms with Gasteiger partial charge in [-0.25, -0.2) is 0 Å². The van der Waals surface area contributed by atoms with Crippen LogP contribution in [-0.4, -0.2) is 16.1 Å². The third kappa shape index (κ3) is 2.26. The highest BCUT2D eigenvalue weighted by atomic mass is 16.4. The molecule has 0 saturated heterocycles. The normalized spacial score (nSPS) is 24.2. The number of aromatic nitrogens is 2. The van der Waals surface area contributed by atoms with Crippen LogP contribution in [0.1, 0.15) is 56.4 Å². The van der Waals surface area contributed by atoms with Crippen LogP contribution in [0.25, 0.3) is 0 Å². The number of aryl methyl sites for hydroxylation is 1. The molecule has 1 amide bonds. The maximum atomic E-state index is 13.1. The summed E-state index contributed by atoms with van der Waals surface area (Å²) in [6.45, 7) is 2.27. The van der Waals surface area contributed by atoms with E-state index >= 15 is 0 Å². The first kappa shape index (κ1) is 15.4. The van der Waals surface area contributed by atoms with Gasteiger partial charge < -0.3 is 9.73 Å². The largest absolute Gasteiger partial charge is 0.423 e. The van der Waals surface area contributed by atoms with Crippen molar-refractivity contribution in [1.29, 1.82) is 0 Å². The van der Waals surface area contributed by atoms with Crippen molar-refractivity contribution in [1.82, 2.24) is 15.5 Å². The van der Waals surface area contributed by atoms with Crippen molar-refractivity contribution >= 4 is 5.91 Å². The van der Waals surface area contributed by atoms with E-state index < -0.39 is 0 Å². The number of hydrogen-bond donors (Lipinski definition) is 1. The molecule has 0 radical (unpaired) electrons. The molecule has 126 valence electrons. The molecule has 4 rings (SSSR count). The van der Waals surface area contributed by atoms with Gasteiger partial charge in [0.25, 0.3) is 0 Å². The molecule has 2 saturated carbocycles. The average Bonchev–Trinajstić information content (AvgIpc) is 2.96. The zero-order valence-corrected chi connectivity index (χ0v) is 14.0. The molecule has 0 bridgehead atoms. The predicted octanol–water partition coefficient (Wildman–Crippen LogP) is 3.15. The van der Waals surface area contributed by atoms with Crippen LogP contribution >= 0.6 is 0 Å². The molecule has 0 unspecified atom stereocenters. The van der Waals surface area contributed by atoms with Crippen LogP contribution in [-0.2, 0) is 23.2 Å². The van der Waals surface area contributed by atoms with Crippen LogP contribution in [0.2, 0.25) is 0 Å². The Bertz CT molecular complexity index is 734. The fourth-order valence-corrected chi connectivity index (χ4v) is 4.51. The molecular formula is C19H23N3O2. The standard InChI is InChI=1S/C19H23N3O2/c1-2-15-21-22-16(24-15)12-20-17(23)19(14-8-4-3-5-9-14)13-18(19)10-6-7-11-18/h3-5,8-9H,2,6-7,10-13H2,1H3,(H,20,23)/t19-/m0/s1. The van der Waals surface area contributed by atoms with E-state index in [4.69, 9.17) is 4.42 Å². The summed E-state index contributed by atoms with van der Waals surface area (Å²) >= 11 is 0. The predicted molar refractivity (Wildman–Crippen MR) is 89.2 cm³/mol. The van der Waals surface area contributed by atoms with E-state index in [0.717, 1.165) is 24.8 Å². The first-order valence-corrected chi connectivity index (χ1v) is 8.85. The third-order valence-corrected chi connectivity index (χ3v) is 5.81. The lowest BCUT2D eigenvalue weighted by Crippen LogP contribution is -2.38. The molecule has 1 spiro atoms. The molecule has 2 fully saturated rings. The van der Waals surface area contributed by atoms with Crippen molar-refractivity contribution in [2.75, 3.05) is 0 Å². The minimum Gasteiger partial charge on any atom is -0.423 e. The molecule has 0 aliphatic heterocycles. The molecule has 5 nitrogen and oxygen atoms in total. The monoisotopic (exact) mass is 325 g/mol. The zero-order chi connectivity index (χ0) is 16.6. The lowest BCUT2D eigenvalue weighted by atomic mass is 9.84. The molecule has 1 atom stereocenters. The Hall–Kier alpha value is -2.17. The van der Waals surface area contributed by atoms with Crippen LogP contribution in [0.15, 0.2) is 34.7 Å². The molecule has 2 aromatic rings. The number of carbonyl (C=O) groups is 1. The van der Waals surface area contributed by atoms with Crippen LogP contribution in [0, 0.1) is 5.41 Å². The van der Waals surface area contributed by atoms with Gasteiger partial charge in [-0.1, -0.05) is 50.1 Å². The second-order valence-electron chi connectivity index (χ2n) is 7.06. The molecular weight excluding hydrogens is 302 g/mol. The Morgan fingerprint density at radius 2 is 1.88 bits per heavy atom. The highest BCUT2D eigenvalue weighted by Gasteiger charge is 2.72. The fourth-order valence-electron chi connectivity index (χ4n) is 4.51. The highest BCUT2D eigenvalue weighted by Crippen LogP contribution is 2.72. The van der Waals surface area contributed by atoms with E-state index in [0.29, 0.717) is 24.7 Å². The van der Waals surface area contributed by atoms with Gasteiger partial charge in [-0.05, 0) is 30.2 Å². The Morgan fingerprint density at radius 1 is 1.17 bits per heavy atom. The number of amides is 1. The van der Waals surface area contributed by atoms with Crippen molar-refractivity contribution < 1.29 is 9.21 Å². The quantitative estimate of drug-likeness (QED) is 0.917. The minimum absolute atomic E-state index is 0.104. The number of rotatable bonds is 5. The van der Waals surface area contributed by atoms with Crippen molar-refractivity contribution in [2.45, 2.75) is 57.4 Å². The fraction of sp³-hybridized carbons (Fsp3) is 0.526. The van der Waals surface area contributed by atoms with Gasteiger partial charge in [0.1, 0.15) is 0 Å². The minimum atomic E-state index is -0.377. The zero-order valence-electron chi connectivity index (χ0n) is 14.0. The molecule has 1 heterocycles. The summed E-state index contributed by atoms with van der Waals surface area (Å²) < 4.78 is 5.50. The topological polar surface area (TPSA) is 68.0 Å². The van der Waals surface area contributed by atoms with E-state index in [1.807, 2.05) is 25.1 Å².